The van der Waals surface area contributed by atoms with Gasteiger partial charge < -0.3 is 41.1 Å². The van der Waals surface area contributed by atoms with E-state index in [0.29, 0.717) is 38.3 Å². The van der Waals surface area contributed by atoms with Crippen molar-refractivity contribution >= 4 is 63.6 Å². The second-order valence-corrected chi connectivity index (χ2v) is 14.6. The van der Waals surface area contributed by atoms with Crippen molar-refractivity contribution in [3.63, 3.8) is 0 Å². The number of nitrogen functional groups attached to an aromatic ring is 1. The van der Waals surface area contributed by atoms with Crippen molar-refractivity contribution in [2.75, 3.05) is 44.2 Å². The highest BCUT2D eigenvalue weighted by atomic mass is 32.2. The number of anilines is 1. The number of amides is 3. The van der Waals surface area contributed by atoms with Crippen LogP contribution in [0.2, 0.25) is 0 Å². The van der Waals surface area contributed by atoms with Crippen LogP contribution in [-0.2, 0) is 24.0 Å². The minimum absolute atomic E-state index is 0.00710. The Hall–Kier alpha value is -4.95. The van der Waals surface area contributed by atoms with Crippen LogP contribution in [0, 0.1) is 11.8 Å². The number of carbonyl (C=O) groups is 5. The standard InChI is InChI=1S/C29H32N8O10S2/c1-29(2,27(45)46)47-34-19(16-11-49-28(30)32-16)22(40)33-20-24(42)37-21(26(43)44)14(10-48-25(20)37)7-35-5-12-8-36(9-13(12)6-35)23(41)15-3-17(38)18(39)4-31-15/h3-4,11-13,20,25,39H,5-10H2,1-2H3,(H2,30,32)(H,31,38)(H,33,40)(H,43,44)(H,45,46)/b34-19-/t12-,13+,20-,25-/m1/s1. The maximum atomic E-state index is 13.3. The molecule has 18 nitrogen and oxygen atoms in total. The molecule has 0 aliphatic carbocycles. The second-order valence-electron chi connectivity index (χ2n) is 12.6. The molecule has 260 valence electrons. The molecule has 0 radical (unpaired) electrons. The zero-order valence-corrected chi connectivity index (χ0v) is 27.7. The van der Waals surface area contributed by atoms with E-state index >= 15 is 0 Å². The Kier molecular flexibility index (Phi) is 8.88. The lowest BCUT2D eigenvalue weighted by atomic mass is 10.0. The Morgan fingerprint density at radius 1 is 1.16 bits per heavy atom. The summed E-state index contributed by atoms with van der Waals surface area (Å²) in [5, 5.41) is 36.1. The maximum Gasteiger partial charge on any atom is 0.352 e. The minimum Gasteiger partial charge on any atom is -0.503 e. The molecule has 7 N–H and O–H groups in total. The van der Waals surface area contributed by atoms with Crippen LogP contribution in [0.3, 0.4) is 0 Å². The number of fused-ring (bicyclic) bond motifs is 2. The third-order valence-corrected chi connectivity index (χ3v) is 10.8. The number of aromatic hydroxyl groups is 1. The number of nitrogens with two attached hydrogens (primary N) is 1. The van der Waals surface area contributed by atoms with Crippen LogP contribution in [0.5, 0.6) is 5.75 Å². The number of carboxylic acids is 2. The van der Waals surface area contributed by atoms with Crippen molar-refractivity contribution in [2.45, 2.75) is 30.9 Å². The smallest absolute Gasteiger partial charge is 0.352 e. The molecule has 4 aliphatic rings. The van der Waals surface area contributed by atoms with Crippen LogP contribution in [0.1, 0.15) is 30.0 Å². The van der Waals surface area contributed by atoms with Crippen LogP contribution in [0.15, 0.2) is 38.9 Å². The molecule has 2 aromatic heterocycles. The molecule has 4 atom stereocenters. The topological polar surface area (TPSA) is 261 Å². The SMILES string of the molecule is CC(C)(O/N=C(\C(=O)N[C@@H]1C(=O)N2C(C(=O)O)=C(CN3C[C@@H]4CN(C(=O)c5cc(=O)c(O)c[nH]5)C[C@@H]4C3)CS[C@H]12)c1csc(N)n1)C(=O)O. The number of carbonyl (C=O) groups excluding carboxylic acids is 3. The summed E-state index contributed by atoms with van der Waals surface area (Å²) in [6, 6.07) is -0.0273. The normalized spacial score (nSPS) is 24.0. The molecule has 20 heteroatoms. The van der Waals surface area contributed by atoms with Crippen molar-refractivity contribution in [3.8, 4) is 5.75 Å². The monoisotopic (exact) mass is 716 g/mol. The number of nitrogens with zero attached hydrogens (tertiary/aromatic N) is 5. The average molecular weight is 717 g/mol. The predicted molar refractivity (Wildman–Crippen MR) is 174 cm³/mol. The van der Waals surface area contributed by atoms with Gasteiger partial charge in [-0.1, -0.05) is 5.16 Å². The Labute approximate surface area is 285 Å². The molecule has 0 bridgehead atoms. The lowest BCUT2D eigenvalue weighted by Crippen LogP contribution is -2.71. The van der Waals surface area contributed by atoms with Gasteiger partial charge in [0.05, 0.1) is 0 Å². The molecular weight excluding hydrogens is 684 g/mol. The van der Waals surface area contributed by atoms with Gasteiger partial charge in [0, 0.05) is 56.1 Å². The molecule has 6 rings (SSSR count). The fourth-order valence-corrected chi connectivity index (χ4v) is 8.11. The van der Waals surface area contributed by atoms with Gasteiger partial charge >= 0.3 is 11.9 Å². The Morgan fingerprint density at radius 2 is 1.86 bits per heavy atom. The number of likely N-dealkylation sites (tertiary alicyclic amines) is 2. The fraction of sp³-hybridized carbons (Fsp3) is 0.448. The number of aromatic amines is 1. The highest BCUT2D eigenvalue weighted by Crippen LogP contribution is 2.41. The number of carboxylic acid groups (broad SMARTS) is 2. The van der Waals surface area contributed by atoms with E-state index in [0.717, 1.165) is 28.5 Å². The van der Waals surface area contributed by atoms with Gasteiger partial charge in [-0.25, -0.2) is 14.6 Å². The fourth-order valence-electron chi connectivity index (χ4n) is 6.23. The van der Waals surface area contributed by atoms with E-state index in [4.69, 9.17) is 10.6 Å². The number of rotatable bonds is 10. The molecule has 0 saturated carbocycles. The zero-order chi connectivity index (χ0) is 35.4. The highest BCUT2D eigenvalue weighted by molar-refractivity contribution is 8.00. The summed E-state index contributed by atoms with van der Waals surface area (Å²) in [4.78, 5) is 92.1. The molecule has 0 unspecified atom stereocenters. The van der Waals surface area contributed by atoms with Crippen molar-refractivity contribution < 1.29 is 44.1 Å². The Balaban J connectivity index is 1.11. The zero-order valence-electron chi connectivity index (χ0n) is 26.1. The summed E-state index contributed by atoms with van der Waals surface area (Å²) in [6.07, 6.45) is 1.08. The van der Waals surface area contributed by atoms with Crippen molar-refractivity contribution in [2.24, 2.45) is 17.0 Å². The van der Waals surface area contributed by atoms with Crippen LogP contribution in [-0.4, -0.2) is 131 Å². The number of oxime groups is 1. The Bertz CT molecular complexity index is 1860. The van der Waals surface area contributed by atoms with Crippen LogP contribution < -0.4 is 16.5 Å². The molecule has 4 aliphatic heterocycles. The number of aliphatic carboxylic acids is 2. The first kappa shape index (κ1) is 33.9. The van der Waals surface area contributed by atoms with Crippen molar-refractivity contribution in [1.29, 1.82) is 0 Å². The van der Waals surface area contributed by atoms with E-state index in [9.17, 15) is 44.1 Å². The maximum absolute atomic E-state index is 13.3. The summed E-state index contributed by atoms with van der Waals surface area (Å²) in [6.45, 7) is 4.88. The number of H-pyrrole nitrogens is 1. The molecule has 3 fully saturated rings. The van der Waals surface area contributed by atoms with Gasteiger partial charge in [0.2, 0.25) is 11.0 Å². The van der Waals surface area contributed by atoms with E-state index in [1.807, 2.05) is 0 Å². The number of β-lactam (4-membered cyclic amide) rings is 1. The van der Waals surface area contributed by atoms with Gasteiger partial charge in [-0.05, 0) is 31.3 Å². The number of aromatic nitrogens is 2. The summed E-state index contributed by atoms with van der Waals surface area (Å²) >= 11 is 2.31. The van der Waals surface area contributed by atoms with Crippen LogP contribution in [0.4, 0.5) is 5.13 Å². The van der Waals surface area contributed by atoms with E-state index in [2.05, 4.69) is 25.3 Å². The highest BCUT2D eigenvalue weighted by Gasteiger charge is 2.55. The third kappa shape index (κ3) is 6.45. The number of hydrogen-bond donors (Lipinski definition) is 6. The molecule has 3 saturated heterocycles. The first-order chi connectivity index (χ1) is 23.1. The van der Waals surface area contributed by atoms with E-state index in [1.54, 1.807) is 4.90 Å². The van der Waals surface area contributed by atoms with Gasteiger partial charge in [-0.15, -0.1) is 23.1 Å². The van der Waals surface area contributed by atoms with Gasteiger partial charge in [-0.2, -0.15) is 0 Å². The lowest BCUT2D eigenvalue weighted by Gasteiger charge is -2.49. The molecular formula is C29H32N8O10S2. The predicted octanol–water partition coefficient (Wildman–Crippen LogP) is -0.854. The average Bonchev–Trinajstić information content (AvgIpc) is 3.75. The largest absolute Gasteiger partial charge is 0.503 e. The molecule has 0 spiro atoms. The minimum atomic E-state index is -1.78. The van der Waals surface area contributed by atoms with Crippen LogP contribution >= 0.6 is 23.1 Å². The van der Waals surface area contributed by atoms with E-state index in [-0.39, 0.29) is 45.7 Å². The third-order valence-electron chi connectivity index (χ3n) is 8.78. The van der Waals surface area contributed by atoms with E-state index < -0.39 is 57.7 Å². The van der Waals surface area contributed by atoms with Gasteiger partial charge in [0.25, 0.3) is 17.7 Å². The number of hydrogen-bond acceptors (Lipinski definition) is 14. The van der Waals surface area contributed by atoms with Gasteiger partial charge in [0.15, 0.2) is 16.6 Å². The van der Waals surface area contributed by atoms with Crippen molar-refractivity contribution in [3.05, 3.63) is 50.5 Å². The lowest BCUT2D eigenvalue weighted by molar-refractivity contribution is -0.161. The van der Waals surface area contributed by atoms with Gasteiger partial charge in [0.1, 0.15) is 28.5 Å². The molecule has 6 heterocycles. The quantitative estimate of drug-likeness (QED) is 0.0994. The van der Waals surface area contributed by atoms with Crippen LogP contribution in [0.25, 0.3) is 0 Å². The summed E-state index contributed by atoms with van der Waals surface area (Å²) in [7, 11) is 0. The first-order valence-electron chi connectivity index (χ1n) is 15.0. The number of nitrogens with one attached hydrogen (secondary N) is 2. The van der Waals surface area contributed by atoms with Crippen molar-refractivity contribution in [1.82, 2.24) is 30.0 Å². The molecule has 0 aromatic carbocycles. The molecule has 2 aromatic rings. The molecule has 49 heavy (non-hydrogen) atoms. The summed E-state index contributed by atoms with van der Waals surface area (Å²) < 4.78 is 0. The van der Waals surface area contributed by atoms with E-state index in [1.165, 1.54) is 31.0 Å². The summed E-state index contributed by atoms with van der Waals surface area (Å²) in [5.74, 6) is -4.40. The molecule has 3 amide bonds. The number of pyridine rings is 1. The Morgan fingerprint density at radius 3 is 2.45 bits per heavy atom. The second kappa shape index (κ2) is 12.8. The summed E-state index contributed by atoms with van der Waals surface area (Å²) in [5.41, 5.74) is 3.37. The van der Waals surface area contributed by atoms with Gasteiger partial charge in [-0.3, -0.25) is 29.0 Å². The number of thiazole rings is 1. The number of thioether (sulfide) groups is 1. The first-order valence-corrected chi connectivity index (χ1v) is 16.9.